The van der Waals surface area contributed by atoms with E-state index in [-0.39, 0.29) is 24.4 Å². The third-order valence-corrected chi connectivity index (χ3v) is 3.86. The quantitative estimate of drug-likeness (QED) is 0.671. The van der Waals surface area contributed by atoms with Crippen molar-refractivity contribution in [3.8, 4) is 5.75 Å². The van der Waals surface area contributed by atoms with E-state index in [1.165, 1.54) is 37.4 Å². The Labute approximate surface area is 150 Å². The Bertz CT molecular complexity index is 793. The van der Waals surface area contributed by atoms with Gasteiger partial charge in [-0.15, -0.1) is 0 Å². The van der Waals surface area contributed by atoms with Crippen LogP contribution in [0.3, 0.4) is 0 Å². The van der Waals surface area contributed by atoms with Crippen LogP contribution >= 0.6 is 0 Å². The molecule has 1 atom stereocenters. The van der Waals surface area contributed by atoms with E-state index in [0.29, 0.717) is 17.7 Å². The van der Waals surface area contributed by atoms with Gasteiger partial charge in [0.2, 0.25) is 5.91 Å². The highest BCUT2D eigenvalue weighted by atomic mass is 19.1. The molecule has 0 saturated heterocycles. The molecule has 26 heavy (non-hydrogen) atoms. The number of benzene rings is 2. The molecular weight excluding hydrogens is 341 g/mol. The number of methoxy groups -OCH3 is 1. The number of halogens is 1. The predicted molar refractivity (Wildman–Crippen MR) is 92.6 cm³/mol. The van der Waals surface area contributed by atoms with Crippen molar-refractivity contribution in [3.63, 3.8) is 0 Å². The van der Waals surface area contributed by atoms with Gasteiger partial charge in [0.15, 0.2) is 0 Å². The van der Waals surface area contributed by atoms with Crippen LogP contribution < -0.4 is 10.1 Å². The molecule has 3 N–H and O–H groups in total. The molecule has 138 valence electrons. The smallest absolute Gasteiger partial charge is 0.335 e. The zero-order chi connectivity index (χ0) is 19.1. The number of aliphatic hydroxyl groups is 1. The third kappa shape index (κ3) is 5.29. The lowest BCUT2D eigenvalue weighted by Crippen LogP contribution is -2.27. The normalized spacial score (nSPS) is 11.7. The minimum atomic E-state index is -1.09. The van der Waals surface area contributed by atoms with Gasteiger partial charge in [-0.1, -0.05) is 18.2 Å². The van der Waals surface area contributed by atoms with E-state index in [9.17, 15) is 19.1 Å². The first-order chi connectivity index (χ1) is 12.4. The molecule has 0 aromatic heterocycles. The molecule has 0 aliphatic heterocycles. The Hall–Kier alpha value is -2.93. The highest BCUT2D eigenvalue weighted by Gasteiger charge is 2.14. The summed E-state index contributed by atoms with van der Waals surface area (Å²) in [5, 5.41) is 21.6. The van der Waals surface area contributed by atoms with Gasteiger partial charge in [0.25, 0.3) is 0 Å². The third-order valence-electron chi connectivity index (χ3n) is 3.86. The lowest BCUT2D eigenvalue weighted by atomic mass is 10.1. The van der Waals surface area contributed by atoms with Crippen LogP contribution in [0.1, 0.15) is 34.0 Å². The number of carbonyl (C=O) groups is 2. The van der Waals surface area contributed by atoms with Gasteiger partial charge in [0.1, 0.15) is 11.6 Å². The molecule has 0 spiro atoms. The minimum Gasteiger partial charge on any atom is -0.496 e. The average molecular weight is 361 g/mol. The van der Waals surface area contributed by atoms with Crippen LogP contribution in [0.4, 0.5) is 4.39 Å². The molecule has 0 aliphatic rings. The molecular formula is C19H20FNO5. The zero-order valence-electron chi connectivity index (χ0n) is 14.2. The number of carbonyl (C=O) groups excluding carboxylic acids is 1. The second-order valence-corrected chi connectivity index (χ2v) is 5.71. The number of nitrogens with one attached hydrogen (secondary N) is 1. The Kier molecular flexibility index (Phi) is 6.68. The highest BCUT2D eigenvalue weighted by Crippen LogP contribution is 2.21. The SMILES string of the molecule is COc1cc(C(=O)O)ccc1CCNC(=O)CC(O)c1cccc(F)c1. The lowest BCUT2D eigenvalue weighted by molar-refractivity contribution is -0.123. The molecule has 0 fully saturated rings. The summed E-state index contributed by atoms with van der Waals surface area (Å²) in [5.41, 5.74) is 1.21. The van der Waals surface area contributed by atoms with Crippen LogP contribution in [0.15, 0.2) is 42.5 Å². The van der Waals surface area contributed by atoms with E-state index >= 15 is 0 Å². The van der Waals surface area contributed by atoms with Crippen molar-refractivity contribution in [2.45, 2.75) is 18.9 Å². The van der Waals surface area contributed by atoms with Crippen molar-refractivity contribution in [1.82, 2.24) is 5.32 Å². The summed E-state index contributed by atoms with van der Waals surface area (Å²) < 4.78 is 18.3. The van der Waals surface area contributed by atoms with Gasteiger partial charge in [0.05, 0.1) is 25.2 Å². The molecule has 0 heterocycles. The molecule has 7 heteroatoms. The number of rotatable bonds is 8. The number of carboxylic acid groups (broad SMARTS) is 1. The van der Waals surface area contributed by atoms with Crippen LogP contribution in [-0.2, 0) is 11.2 Å². The lowest BCUT2D eigenvalue weighted by Gasteiger charge is -2.13. The number of hydrogen-bond acceptors (Lipinski definition) is 4. The maximum absolute atomic E-state index is 13.1. The molecule has 2 aromatic carbocycles. The predicted octanol–water partition coefficient (Wildman–Crippen LogP) is 2.31. The van der Waals surface area contributed by atoms with Crippen molar-refractivity contribution >= 4 is 11.9 Å². The summed E-state index contributed by atoms with van der Waals surface area (Å²) in [5.74, 6) is -1.46. The minimum absolute atomic E-state index is 0.118. The van der Waals surface area contributed by atoms with E-state index < -0.39 is 17.9 Å². The summed E-state index contributed by atoms with van der Waals surface area (Å²) in [7, 11) is 1.44. The van der Waals surface area contributed by atoms with Gasteiger partial charge in [-0.2, -0.15) is 0 Å². The largest absolute Gasteiger partial charge is 0.496 e. The molecule has 2 rings (SSSR count). The van der Waals surface area contributed by atoms with E-state index in [1.807, 2.05) is 0 Å². The molecule has 0 radical (unpaired) electrons. The number of amides is 1. The fourth-order valence-electron chi connectivity index (χ4n) is 2.50. The summed E-state index contributed by atoms with van der Waals surface area (Å²) in [6.07, 6.45) is -0.834. The van der Waals surface area contributed by atoms with E-state index in [1.54, 1.807) is 12.1 Å². The van der Waals surface area contributed by atoms with E-state index in [4.69, 9.17) is 9.84 Å². The molecule has 1 unspecified atom stereocenters. The van der Waals surface area contributed by atoms with Gasteiger partial charge in [-0.25, -0.2) is 9.18 Å². The van der Waals surface area contributed by atoms with Crippen molar-refractivity contribution in [2.75, 3.05) is 13.7 Å². The maximum Gasteiger partial charge on any atom is 0.335 e. The van der Waals surface area contributed by atoms with Crippen molar-refractivity contribution in [1.29, 1.82) is 0 Å². The van der Waals surface area contributed by atoms with Crippen LogP contribution in [-0.4, -0.2) is 35.7 Å². The molecule has 0 saturated carbocycles. The van der Waals surface area contributed by atoms with Crippen LogP contribution in [0.2, 0.25) is 0 Å². The van der Waals surface area contributed by atoms with Gasteiger partial charge < -0.3 is 20.3 Å². The summed E-state index contributed by atoms with van der Waals surface area (Å²) in [4.78, 5) is 22.9. The van der Waals surface area contributed by atoms with Gasteiger partial charge in [-0.05, 0) is 41.8 Å². The Morgan fingerprint density at radius 2 is 2.00 bits per heavy atom. The monoisotopic (exact) mass is 361 g/mol. The number of aliphatic hydroxyl groups excluding tert-OH is 1. The van der Waals surface area contributed by atoms with Crippen LogP contribution in [0.5, 0.6) is 5.75 Å². The number of aromatic carboxylic acids is 1. The van der Waals surface area contributed by atoms with Crippen molar-refractivity contribution in [2.24, 2.45) is 0 Å². The zero-order valence-corrected chi connectivity index (χ0v) is 14.2. The van der Waals surface area contributed by atoms with Crippen LogP contribution in [0.25, 0.3) is 0 Å². The molecule has 2 aromatic rings. The first kappa shape index (κ1) is 19.4. The molecule has 0 aliphatic carbocycles. The fourth-order valence-corrected chi connectivity index (χ4v) is 2.50. The average Bonchev–Trinajstić information content (AvgIpc) is 2.61. The topological polar surface area (TPSA) is 95.9 Å². The fraction of sp³-hybridized carbons (Fsp3) is 0.263. The second kappa shape index (κ2) is 8.96. The van der Waals surface area contributed by atoms with Gasteiger partial charge >= 0.3 is 5.97 Å². The standard InChI is InChI=1S/C19H20FNO5/c1-26-17-10-14(19(24)25)6-5-12(17)7-8-21-18(23)11-16(22)13-3-2-4-15(20)9-13/h2-6,9-10,16,22H,7-8,11H2,1H3,(H,21,23)(H,24,25). The highest BCUT2D eigenvalue weighted by molar-refractivity contribution is 5.88. The van der Waals surface area contributed by atoms with Gasteiger partial charge in [-0.3, -0.25) is 4.79 Å². The Balaban J connectivity index is 1.87. The number of carboxylic acids is 1. The molecule has 1 amide bonds. The maximum atomic E-state index is 13.1. The Morgan fingerprint density at radius 3 is 2.65 bits per heavy atom. The first-order valence-electron chi connectivity index (χ1n) is 8.01. The van der Waals surface area contributed by atoms with Crippen molar-refractivity contribution < 1.29 is 28.9 Å². The summed E-state index contributed by atoms with van der Waals surface area (Å²) in [6.45, 7) is 0.289. The number of hydrogen-bond donors (Lipinski definition) is 3. The van der Waals surface area contributed by atoms with E-state index in [2.05, 4.69) is 5.32 Å². The van der Waals surface area contributed by atoms with Gasteiger partial charge in [0, 0.05) is 6.54 Å². The van der Waals surface area contributed by atoms with E-state index in [0.717, 1.165) is 5.56 Å². The summed E-state index contributed by atoms with van der Waals surface area (Å²) >= 11 is 0. The molecule has 6 nitrogen and oxygen atoms in total. The van der Waals surface area contributed by atoms with Crippen LogP contribution in [0, 0.1) is 5.82 Å². The Morgan fingerprint density at radius 1 is 1.23 bits per heavy atom. The molecule has 0 bridgehead atoms. The second-order valence-electron chi connectivity index (χ2n) is 5.71. The number of ether oxygens (including phenoxy) is 1. The first-order valence-corrected chi connectivity index (χ1v) is 8.01. The van der Waals surface area contributed by atoms with Crippen molar-refractivity contribution in [3.05, 3.63) is 65.0 Å². The summed E-state index contributed by atoms with van der Waals surface area (Å²) in [6, 6.07) is 10.00.